The summed E-state index contributed by atoms with van der Waals surface area (Å²) >= 11 is 0. The van der Waals surface area contributed by atoms with Crippen LogP contribution in [0.3, 0.4) is 0 Å². The quantitative estimate of drug-likeness (QED) is 0.114. The number of rotatable bonds is 16. The second-order valence-electron chi connectivity index (χ2n) is 6.44. The molecule has 0 aliphatic rings. The van der Waals surface area contributed by atoms with Gasteiger partial charge in [-0.15, -0.1) is 0 Å². The summed E-state index contributed by atoms with van der Waals surface area (Å²) in [5.41, 5.74) is 0. The fraction of sp³-hybridized carbons (Fsp3) is 0.800. The van der Waals surface area contributed by atoms with E-state index in [1.807, 2.05) is 0 Å². The summed E-state index contributed by atoms with van der Waals surface area (Å²) in [6.07, 6.45) is -1.57. The first-order chi connectivity index (χ1) is 15.3. The Bertz CT molecular complexity index is 860. The molecule has 0 saturated carbocycles. The normalized spacial score (nSPS) is 12.9. The number of ether oxygens (including phenoxy) is 3. The minimum Gasteiger partial charge on any atom is -0.466 e. The average Bonchev–Trinajstić information content (AvgIpc) is 2.68. The van der Waals surface area contributed by atoms with Gasteiger partial charge < -0.3 is 19.1 Å². The van der Waals surface area contributed by atoms with Gasteiger partial charge in [0, 0.05) is 19.6 Å². The molecular formula is C15H23F4NO12S2. The highest BCUT2D eigenvalue weighted by Gasteiger charge is 2.46. The topological polar surface area (TPSA) is 191 Å². The standard InChI is InChI=1S/C15H23F4NO12S2/c1-2-30-11(21)3-6-20(7-4-12(22)31-9-14(16,17)33(24,25)26)8-5-13(23)32-10-15(18,19)34(27,28)29/h2-10H2,1H3,(H,24,25,26)(H,27,28,29). The van der Waals surface area contributed by atoms with E-state index in [2.05, 4.69) is 14.2 Å². The number of alkyl halides is 4. The summed E-state index contributed by atoms with van der Waals surface area (Å²) in [6, 6.07) is 0. The minimum atomic E-state index is -5.83. The van der Waals surface area contributed by atoms with E-state index in [1.165, 1.54) is 11.8 Å². The smallest absolute Gasteiger partial charge is 0.402 e. The molecule has 0 rings (SSSR count). The third kappa shape index (κ3) is 11.9. The third-order valence-electron chi connectivity index (χ3n) is 3.76. The third-order valence-corrected chi connectivity index (χ3v) is 5.50. The van der Waals surface area contributed by atoms with Crippen LogP contribution in [0.5, 0.6) is 0 Å². The lowest BCUT2D eigenvalue weighted by atomic mass is 10.3. The van der Waals surface area contributed by atoms with E-state index in [0.717, 1.165) is 0 Å². The molecule has 0 aromatic carbocycles. The molecule has 0 spiro atoms. The first kappa shape index (κ1) is 31.9. The van der Waals surface area contributed by atoms with E-state index < -0.39 is 74.7 Å². The molecule has 0 aromatic heterocycles. The van der Waals surface area contributed by atoms with Crippen molar-refractivity contribution in [2.24, 2.45) is 0 Å². The molecule has 0 aliphatic heterocycles. The minimum absolute atomic E-state index is 0.0431. The number of halogens is 4. The van der Waals surface area contributed by atoms with Crippen LogP contribution in [0.1, 0.15) is 26.2 Å². The monoisotopic (exact) mass is 549 g/mol. The molecule has 0 saturated heterocycles. The molecule has 13 nitrogen and oxygen atoms in total. The zero-order valence-corrected chi connectivity index (χ0v) is 19.2. The first-order valence-corrected chi connectivity index (χ1v) is 12.1. The largest absolute Gasteiger partial charge is 0.466 e. The zero-order valence-electron chi connectivity index (χ0n) is 17.6. The van der Waals surface area contributed by atoms with E-state index in [-0.39, 0.29) is 32.7 Å². The summed E-state index contributed by atoms with van der Waals surface area (Å²) in [4.78, 5) is 35.9. The lowest BCUT2D eigenvalue weighted by Crippen LogP contribution is -2.36. The van der Waals surface area contributed by atoms with E-state index in [9.17, 15) is 48.8 Å². The summed E-state index contributed by atoms with van der Waals surface area (Å²) in [5, 5.41) is -9.50. The highest BCUT2D eigenvalue weighted by atomic mass is 32.2. The Morgan fingerprint density at radius 2 is 1.00 bits per heavy atom. The van der Waals surface area contributed by atoms with Crippen LogP contribution in [0.2, 0.25) is 0 Å². The highest BCUT2D eigenvalue weighted by Crippen LogP contribution is 2.21. The van der Waals surface area contributed by atoms with Crippen LogP contribution < -0.4 is 0 Å². The van der Waals surface area contributed by atoms with Crippen LogP contribution in [-0.4, -0.2) is 98.7 Å². The summed E-state index contributed by atoms with van der Waals surface area (Å²) in [7, 11) is -11.7. The molecule has 0 radical (unpaired) electrons. The second-order valence-corrected chi connectivity index (χ2v) is 9.54. The van der Waals surface area contributed by atoms with E-state index in [1.54, 1.807) is 0 Å². The molecule has 0 bridgehead atoms. The Hall–Kier alpha value is -2.09. The van der Waals surface area contributed by atoms with Crippen molar-refractivity contribution in [3.8, 4) is 0 Å². The van der Waals surface area contributed by atoms with Gasteiger partial charge in [0.25, 0.3) is 0 Å². The Morgan fingerprint density at radius 3 is 1.26 bits per heavy atom. The van der Waals surface area contributed by atoms with Gasteiger partial charge in [-0.2, -0.15) is 34.4 Å². The molecule has 200 valence electrons. The molecule has 0 aromatic rings. The van der Waals surface area contributed by atoms with Crippen molar-refractivity contribution in [3.63, 3.8) is 0 Å². The Labute approximate surface area is 191 Å². The number of nitrogens with zero attached hydrogens (tertiary/aromatic N) is 1. The van der Waals surface area contributed by atoms with Crippen LogP contribution in [0, 0.1) is 0 Å². The SMILES string of the molecule is CCOC(=O)CCN(CCC(=O)OCC(F)(F)S(=O)(=O)O)CCC(=O)OCC(F)(F)S(=O)(=O)O. The Balaban J connectivity index is 4.87. The maximum absolute atomic E-state index is 13.1. The van der Waals surface area contributed by atoms with Gasteiger partial charge in [0.2, 0.25) is 0 Å². The van der Waals surface area contributed by atoms with Gasteiger partial charge in [-0.05, 0) is 6.92 Å². The fourth-order valence-electron chi connectivity index (χ4n) is 1.94. The molecular weight excluding hydrogens is 526 g/mol. The first-order valence-electron chi connectivity index (χ1n) is 9.21. The van der Waals surface area contributed by atoms with Crippen molar-refractivity contribution in [2.75, 3.05) is 39.5 Å². The number of hydrogen-bond donors (Lipinski definition) is 2. The average molecular weight is 549 g/mol. The van der Waals surface area contributed by atoms with Crippen molar-refractivity contribution < 1.29 is 72.1 Å². The van der Waals surface area contributed by atoms with Crippen LogP contribution in [-0.2, 0) is 48.8 Å². The fourth-order valence-corrected chi connectivity index (χ4v) is 2.35. The number of carbonyl (C=O) groups is 3. The molecule has 34 heavy (non-hydrogen) atoms. The van der Waals surface area contributed by atoms with Gasteiger partial charge in [0.15, 0.2) is 13.2 Å². The van der Waals surface area contributed by atoms with Gasteiger partial charge in [0.05, 0.1) is 25.9 Å². The van der Waals surface area contributed by atoms with E-state index in [0.29, 0.717) is 0 Å². The van der Waals surface area contributed by atoms with Gasteiger partial charge in [-0.25, -0.2) is 0 Å². The summed E-state index contributed by atoms with van der Waals surface area (Å²) < 4.78 is 124. The van der Waals surface area contributed by atoms with Crippen molar-refractivity contribution in [1.82, 2.24) is 4.90 Å². The maximum atomic E-state index is 13.1. The molecule has 0 amide bonds. The van der Waals surface area contributed by atoms with Gasteiger partial charge in [0.1, 0.15) is 0 Å². The number of esters is 3. The van der Waals surface area contributed by atoms with Crippen LogP contribution in [0.15, 0.2) is 0 Å². The lowest BCUT2D eigenvalue weighted by molar-refractivity contribution is -0.150. The molecule has 0 aliphatic carbocycles. The molecule has 0 heterocycles. The molecule has 2 N–H and O–H groups in total. The van der Waals surface area contributed by atoms with E-state index >= 15 is 0 Å². The predicted octanol–water partition coefficient (Wildman–Crippen LogP) is 0.0694. The van der Waals surface area contributed by atoms with Crippen molar-refractivity contribution in [3.05, 3.63) is 0 Å². The van der Waals surface area contributed by atoms with Crippen LogP contribution in [0.4, 0.5) is 17.6 Å². The molecule has 19 heteroatoms. The summed E-state index contributed by atoms with van der Waals surface area (Å²) in [6.45, 7) is -3.23. The lowest BCUT2D eigenvalue weighted by Gasteiger charge is -2.21. The van der Waals surface area contributed by atoms with Gasteiger partial charge in [-0.3, -0.25) is 23.5 Å². The highest BCUT2D eigenvalue weighted by molar-refractivity contribution is 7.87. The summed E-state index contributed by atoms with van der Waals surface area (Å²) in [5.74, 6) is -3.35. The van der Waals surface area contributed by atoms with Crippen LogP contribution >= 0.6 is 0 Å². The zero-order chi connectivity index (χ0) is 26.8. The number of hydrogen-bond acceptors (Lipinski definition) is 11. The Kier molecular flexibility index (Phi) is 12.3. The maximum Gasteiger partial charge on any atom is 0.402 e. The van der Waals surface area contributed by atoms with Gasteiger partial charge >= 0.3 is 48.7 Å². The number of carbonyl (C=O) groups excluding carboxylic acids is 3. The predicted molar refractivity (Wildman–Crippen MR) is 102 cm³/mol. The van der Waals surface area contributed by atoms with Crippen molar-refractivity contribution in [2.45, 2.75) is 36.7 Å². The Morgan fingerprint density at radius 1 is 0.706 bits per heavy atom. The van der Waals surface area contributed by atoms with Crippen molar-refractivity contribution >= 4 is 38.1 Å². The van der Waals surface area contributed by atoms with Crippen LogP contribution in [0.25, 0.3) is 0 Å². The second kappa shape index (κ2) is 13.1. The molecule has 0 atom stereocenters. The van der Waals surface area contributed by atoms with E-state index in [4.69, 9.17) is 9.11 Å². The molecule has 0 fully saturated rings. The van der Waals surface area contributed by atoms with Crippen molar-refractivity contribution in [1.29, 1.82) is 0 Å². The van der Waals surface area contributed by atoms with Gasteiger partial charge in [-0.1, -0.05) is 0 Å². The molecule has 0 unspecified atom stereocenters.